The standard InChI is InChI=1S/C25H26F3N5O3/c1-16-23(17(2)33(31-16)20-6-4-3-5-7-20)30-22(34)15-36-24(35)18-10-12-32(13-11-18)21-9-8-19(14-29-21)25(26,27)28/h3-9,14,18H,10-13,15H2,1-2H3,(H,30,34). The predicted molar refractivity (Wildman–Crippen MR) is 127 cm³/mol. The van der Waals surface area contributed by atoms with E-state index in [0.29, 0.717) is 43.1 Å². The molecule has 0 bridgehead atoms. The average molecular weight is 502 g/mol. The van der Waals surface area contributed by atoms with Gasteiger partial charge in [-0.1, -0.05) is 18.2 Å². The molecule has 11 heteroatoms. The van der Waals surface area contributed by atoms with Crippen LogP contribution in [0, 0.1) is 19.8 Å². The minimum absolute atomic E-state index is 0.396. The Kier molecular flexibility index (Phi) is 7.27. The third-order valence-corrected chi connectivity index (χ3v) is 6.13. The van der Waals surface area contributed by atoms with Crippen LogP contribution in [0.4, 0.5) is 24.7 Å². The highest BCUT2D eigenvalue weighted by atomic mass is 19.4. The minimum Gasteiger partial charge on any atom is -0.455 e. The fourth-order valence-corrected chi connectivity index (χ4v) is 4.16. The van der Waals surface area contributed by atoms with Crippen LogP contribution >= 0.6 is 0 Å². The molecule has 0 saturated carbocycles. The second kappa shape index (κ2) is 10.4. The number of hydrogen-bond acceptors (Lipinski definition) is 6. The number of aromatic nitrogens is 3. The van der Waals surface area contributed by atoms with Gasteiger partial charge in [-0.15, -0.1) is 0 Å². The fourth-order valence-electron chi connectivity index (χ4n) is 4.16. The molecule has 0 spiro atoms. The van der Waals surface area contributed by atoms with Crippen LogP contribution in [-0.2, 0) is 20.5 Å². The van der Waals surface area contributed by atoms with Gasteiger partial charge in [-0.05, 0) is 51.0 Å². The number of carbonyl (C=O) groups is 2. The van der Waals surface area contributed by atoms with E-state index in [9.17, 15) is 22.8 Å². The largest absolute Gasteiger partial charge is 0.455 e. The quantitative estimate of drug-likeness (QED) is 0.507. The summed E-state index contributed by atoms with van der Waals surface area (Å²) in [6.07, 6.45) is -2.73. The zero-order chi connectivity index (χ0) is 25.9. The van der Waals surface area contributed by atoms with E-state index >= 15 is 0 Å². The van der Waals surface area contributed by atoms with E-state index in [4.69, 9.17) is 4.74 Å². The second-order valence-corrected chi connectivity index (χ2v) is 8.61. The Morgan fingerprint density at radius 2 is 1.78 bits per heavy atom. The van der Waals surface area contributed by atoms with Gasteiger partial charge in [0.05, 0.1) is 34.2 Å². The zero-order valence-corrected chi connectivity index (χ0v) is 19.9. The lowest BCUT2D eigenvalue weighted by molar-refractivity contribution is -0.152. The lowest BCUT2D eigenvalue weighted by Crippen LogP contribution is -2.38. The molecule has 8 nitrogen and oxygen atoms in total. The van der Waals surface area contributed by atoms with Gasteiger partial charge in [0, 0.05) is 19.3 Å². The number of amides is 1. The summed E-state index contributed by atoms with van der Waals surface area (Å²) in [7, 11) is 0. The number of benzene rings is 1. The number of ether oxygens (including phenoxy) is 1. The first-order chi connectivity index (χ1) is 17.1. The molecule has 190 valence electrons. The summed E-state index contributed by atoms with van der Waals surface area (Å²) in [4.78, 5) is 30.7. The van der Waals surface area contributed by atoms with Crippen LogP contribution in [0.3, 0.4) is 0 Å². The molecule has 3 heterocycles. The molecule has 0 atom stereocenters. The van der Waals surface area contributed by atoms with Crippen molar-refractivity contribution < 1.29 is 27.5 Å². The Balaban J connectivity index is 1.27. The molecule has 1 aliphatic heterocycles. The number of alkyl halides is 3. The SMILES string of the molecule is Cc1nn(-c2ccccc2)c(C)c1NC(=O)COC(=O)C1CCN(c2ccc(C(F)(F)F)cn2)CC1. The van der Waals surface area contributed by atoms with E-state index in [1.165, 1.54) is 6.07 Å². The van der Waals surface area contributed by atoms with Gasteiger partial charge in [0.1, 0.15) is 5.82 Å². The molecule has 4 rings (SSSR count). The number of rotatable bonds is 6. The highest BCUT2D eigenvalue weighted by molar-refractivity contribution is 5.94. The van der Waals surface area contributed by atoms with Crippen LogP contribution < -0.4 is 10.2 Å². The van der Waals surface area contributed by atoms with Gasteiger partial charge in [0.15, 0.2) is 6.61 Å². The van der Waals surface area contributed by atoms with Crippen molar-refractivity contribution >= 4 is 23.4 Å². The fraction of sp³-hybridized carbons (Fsp3) is 0.360. The van der Waals surface area contributed by atoms with E-state index in [1.54, 1.807) is 11.6 Å². The van der Waals surface area contributed by atoms with E-state index in [0.717, 1.165) is 23.6 Å². The third-order valence-electron chi connectivity index (χ3n) is 6.13. The van der Waals surface area contributed by atoms with Crippen molar-refractivity contribution in [2.45, 2.75) is 32.9 Å². The highest BCUT2D eigenvalue weighted by Crippen LogP contribution is 2.30. The molecule has 3 aromatic rings. The third kappa shape index (κ3) is 5.67. The Morgan fingerprint density at radius 1 is 1.08 bits per heavy atom. The molecule has 1 aliphatic rings. The van der Waals surface area contributed by atoms with Gasteiger partial charge in [0.2, 0.25) is 0 Å². The maximum Gasteiger partial charge on any atom is 0.417 e. The van der Waals surface area contributed by atoms with E-state index < -0.39 is 36.1 Å². The highest BCUT2D eigenvalue weighted by Gasteiger charge is 2.32. The van der Waals surface area contributed by atoms with Crippen LogP contribution in [0.25, 0.3) is 5.69 Å². The molecule has 1 N–H and O–H groups in total. The first-order valence-electron chi connectivity index (χ1n) is 11.5. The van der Waals surface area contributed by atoms with Gasteiger partial charge < -0.3 is 15.0 Å². The van der Waals surface area contributed by atoms with Crippen LogP contribution in [0.5, 0.6) is 0 Å². The lowest BCUT2D eigenvalue weighted by atomic mass is 9.97. The van der Waals surface area contributed by atoms with Crippen molar-refractivity contribution in [3.05, 3.63) is 65.6 Å². The Hall–Kier alpha value is -3.89. The topological polar surface area (TPSA) is 89.3 Å². The van der Waals surface area contributed by atoms with Crippen LogP contribution in [0.15, 0.2) is 48.7 Å². The molecule has 2 aromatic heterocycles. The lowest BCUT2D eigenvalue weighted by Gasteiger charge is -2.31. The number of esters is 1. The number of carbonyl (C=O) groups excluding carboxylic acids is 2. The molecule has 1 aromatic carbocycles. The van der Waals surface area contributed by atoms with Crippen molar-refractivity contribution in [1.82, 2.24) is 14.8 Å². The number of piperidine rings is 1. The number of para-hydroxylation sites is 1. The van der Waals surface area contributed by atoms with Gasteiger partial charge in [-0.2, -0.15) is 18.3 Å². The van der Waals surface area contributed by atoms with Crippen LogP contribution in [0.2, 0.25) is 0 Å². The molecule has 0 radical (unpaired) electrons. The number of anilines is 2. The monoisotopic (exact) mass is 501 g/mol. The van der Waals surface area contributed by atoms with Crippen LogP contribution in [0.1, 0.15) is 29.8 Å². The number of hydrogen-bond donors (Lipinski definition) is 1. The molecular weight excluding hydrogens is 475 g/mol. The maximum atomic E-state index is 12.7. The Morgan fingerprint density at radius 3 is 2.39 bits per heavy atom. The number of nitrogens with one attached hydrogen (secondary N) is 1. The Labute approximate surface area is 206 Å². The van der Waals surface area contributed by atoms with Gasteiger partial charge in [0.25, 0.3) is 5.91 Å². The van der Waals surface area contributed by atoms with Crippen molar-refractivity contribution in [2.24, 2.45) is 5.92 Å². The summed E-state index contributed by atoms with van der Waals surface area (Å²) in [5.41, 5.74) is 2.02. The van der Waals surface area contributed by atoms with Gasteiger partial charge in [-0.25, -0.2) is 9.67 Å². The van der Waals surface area contributed by atoms with Gasteiger partial charge in [-0.3, -0.25) is 9.59 Å². The predicted octanol–water partition coefficient (Wildman–Crippen LogP) is 4.30. The summed E-state index contributed by atoms with van der Waals surface area (Å²) in [6, 6.07) is 11.8. The van der Waals surface area contributed by atoms with Crippen LogP contribution in [-0.4, -0.2) is 46.3 Å². The second-order valence-electron chi connectivity index (χ2n) is 8.61. The van der Waals surface area contributed by atoms with Crippen molar-refractivity contribution in [1.29, 1.82) is 0 Å². The molecular formula is C25H26F3N5O3. The summed E-state index contributed by atoms with van der Waals surface area (Å²) in [5, 5.41) is 7.25. The molecule has 1 fully saturated rings. The molecule has 0 aliphatic carbocycles. The normalized spacial score (nSPS) is 14.5. The summed E-state index contributed by atoms with van der Waals surface area (Å²) < 4.78 is 45.2. The van der Waals surface area contributed by atoms with Crippen molar-refractivity contribution in [3.63, 3.8) is 0 Å². The van der Waals surface area contributed by atoms with Crippen molar-refractivity contribution in [2.75, 3.05) is 29.9 Å². The number of nitrogens with zero attached hydrogens (tertiary/aromatic N) is 4. The molecule has 1 amide bonds. The number of halogens is 3. The molecule has 36 heavy (non-hydrogen) atoms. The van der Waals surface area contributed by atoms with Crippen molar-refractivity contribution in [3.8, 4) is 5.69 Å². The maximum absolute atomic E-state index is 12.7. The van der Waals surface area contributed by atoms with E-state index in [2.05, 4.69) is 15.4 Å². The average Bonchev–Trinajstić information content (AvgIpc) is 3.16. The minimum atomic E-state index is -4.44. The Bertz CT molecular complexity index is 1220. The number of aryl methyl sites for hydroxylation is 1. The summed E-state index contributed by atoms with van der Waals surface area (Å²) in [5.74, 6) is -0.907. The smallest absolute Gasteiger partial charge is 0.417 e. The zero-order valence-electron chi connectivity index (χ0n) is 19.9. The first-order valence-corrected chi connectivity index (χ1v) is 11.5. The molecule has 0 unspecified atom stereocenters. The summed E-state index contributed by atoms with van der Waals surface area (Å²) in [6.45, 7) is 4.10. The summed E-state index contributed by atoms with van der Waals surface area (Å²) >= 11 is 0. The number of pyridine rings is 1. The van der Waals surface area contributed by atoms with E-state index in [-0.39, 0.29) is 0 Å². The molecule has 1 saturated heterocycles. The van der Waals surface area contributed by atoms with Gasteiger partial charge >= 0.3 is 12.1 Å². The first kappa shape index (κ1) is 25.2. The van der Waals surface area contributed by atoms with E-state index in [1.807, 2.05) is 42.2 Å².